The molecule has 144 valence electrons. The first-order chi connectivity index (χ1) is 13.2. The van der Waals surface area contributed by atoms with Crippen LogP contribution in [0.2, 0.25) is 0 Å². The molecule has 0 spiro atoms. The predicted octanol–water partition coefficient (Wildman–Crippen LogP) is 4.69. The zero-order valence-corrected chi connectivity index (χ0v) is 17.0. The number of unbranched alkanes of at least 4 members (excludes halogenated alkanes) is 3. The Balaban J connectivity index is 1.91. The molecule has 1 aliphatic heterocycles. The number of carbonyl (C=O) groups excluding carboxylic acids is 1. The molecule has 0 saturated carbocycles. The van der Waals surface area contributed by atoms with E-state index in [1.807, 2.05) is 31.2 Å². The Morgan fingerprint density at radius 3 is 2.74 bits per heavy atom. The van der Waals surface area contributed by atoms with E-state index in [2.05, 4.69) is 22.1 Å². The summed E-state index contributed by atoms with van der Waals surface area (Å²) in [6.07, 6.45) is 5.07. The van der Waals surface area contributed by atoms with Crippen LogP contribution in [0.3, 0.4) is 0 Å². The third-order valence-electron chi connectivity index (χ3n) is 4.51. The first kappa shape index (κ1) is 19.6. The van der Waals surface area contributed by atoms with Crippen LogP contribution in [0, 0.1) is 0 Å². The normalized spacial score (nSPS) is 15.5. The van der Waals surface area contributed by atoms with Crippen molar-refractivity contribution in [3.05, 3.63) is 24.3 Å². The molecule has 0 aliphatic carbocycles. The summed E-state index contributed by atoms with van der Waals surface area (Å²) in [5.41, 5.74) is 2.19. The van der Waals surface area contributed by atoms with Gasteiger partial charge in [-0.1, -0.05) is 63.1 Å². The monoisotopic (exact) mass is 386 g/mol. The van der Waals surface area contributed by atoms with E-state index >= 15 is 0 Å². The van der Waals surface area contributed by atoms with Crippen LogP contribution in [0.4, 0.5) is 5.69 Å². The van der Waals surface area contributed by atoms with Crippen molar-refractivity contribution in [1.82, 2.24) is 15.2 Å². The minimum absolute atomic E-state index is 0.0689. The summed E-state index contributed by atoms with van der Waals surface area (Å²) >= 11 is 1.60. The van der Waals surface area contributed by atoms with Gasteiger partial charge < -0.3 is 4.74 Å². The Bertz CT molecular complexity index is 799. The van der Waals surface area contributed by atoms with Gasteiger partial charge in [-0.2, -0.15) is 4.98 Å². The van der Waals surface area contributed by atoms with E-state index in [0.717, 1.165) is 23.4 Å². The number of ether oxygens (including phenoxy) is 1. The molecule has 27 heavy (non-hydrogen) atoms. The number of hydrogen-bond acceptors (Lipinski definition) is 6. The SMILES string of the molecule is CCCCCCSc1nnc2c(n1)O[C@H](CC)N(C(C)=O)c1ccccc1-2. The van der Waals surface area contributed by atoms with Crippen LogP contribution < -0.4 is 9.64 Å². The number of anilines is 1. The molecular formula is C20H26N4O2S. The van der Waals surface area contributed by atoms with E-state index in [0.29, 0.717) is 23.2 Å². The molecule has 2 heterocycles. The van der Waals surface area contributed by atoms with E-state index in [4.69, 9.17) is 4.74 Å². The van der Waals surface area contributed by atoms with Crippen LogP contribution in [-0.4, -0.2) is 33.1 Å². The smallest absolute Gasteiger partial charge is 0.247 e. The fourth-order valence-corrected chi connectivity index (χ4v) is 3.94. The lowest BCUT2D eigenvalue weighted by Crippen LogP contribution is -2.42. The molecule has 0 N–H and O–H groups in total. The van der Waals surface area contributed by atoms with Crippen LogP contribution in [0.25, 0.3) is 11.3 Å². The van der Waals surface area contributed by atoms with Gasteiger partial charge in [0.1, 0.15) is 0 Å². The Morgan fingerprint density at radius 2 is 2.00 bits per heavy atom. The third kappa shape index (κ3) is 4.40. The number of amides is 1. The number of carbonyl (C=O) groups is 1. The van der Waals surface area contributed by atoms with Crippen molar-refractivity contribution in [3.63, 3.8) is 0 Å². The van der Waals surface area contributed by atoms with Gasteiger partial charge in [0, 0.05) is 24.7 Å². The standard InChI is InChI=1S/C20H26N4O2S/c1-4-6-7-10-13-27-20-21-19-18(22-23-20)15-11-8-9-12-16(15)24(14(3)25)17(5-2)26-19/h8-9,11-12,17H,4-7,10,13H2,1-3H3/t17-/m1/s1. The topological polar surface area (TPSA) is 68.2 Å². The molecule has 1 atom stereocenters. The zero-order valence-electron chi connectivity index (χ0n) is 16.1. The van der Waals surface area contributed by atoms with E-state index < -0.39 is 6.23 Å². The van der Waals surface area contributed by atoms with Gasteiger partial charge in [0.25, 0.3) is 0 Å². The molecule has 1 amide bonds. The molecular weight excluding hydrogens is 360 g/mol. The van der Waals surface area contributed by atoms with Crippen LogP contribution in [0.5, 0.6) is 5.88 Å². The summed E-state index contributed by atoms with van der Waals surface area (Å²) < 4.78 is 6.13. The Kier molecular flexibility index (Phi) is 6.66. The summed E-state index contributed by atoms with van der Waals surface area (Å²) in [4.78, 5) is 18.6. The molecule has 2 aromatic rings. The number of nitrogens with zero attached hydrogens (tertiary/aromatic N) is 4. The summed E-state index contributed by atoms with van der Waals surface area (Å²) in [5.74, 6) is 1.35. The van der Waals surface area contributed by atoms with E-state index in [1.165, 1.54) is 19.3 Å². The summed E-state index contributed by atoms with van der Waals surface area (Å²) in [5, 5.41) is 9.31. The third-order valence-corrected chi connectivity index (χ3v) is 5.43. The molecule has 3 rings (SSSR count). The summed E-state index contributed by atoms with van der Waals surface area (Å²) in [7, 11) is 0. The maximum Gasteiger partial charge on any atom is 0.247 e. The van der Waals surface area contributed by atoms with Crippen molar-refractivity contribution in [1.29, 1.82) is 0 Å². The van der Waals surface area contributed by atoms with Gasteiger partial charge in [0.05, 0.1) is 5.69 Å². The van der Waals surface area contributed by atoms with Crippen LogP contribution in [0.1, 0.15) is 52.9 Å². The highest BCUT2D eigenvalue weighted by Crippen LogP contribution is 2.39. The summed E-state index contributed by atoms with van der Waals surface area (Å²) in [6, 6.07) is 7.68. The predicted molar refractivity (Wildman–Crippen MR) is 108 cm³/mol. The number of hydrogen-bond donors (Lipinski definition) is 0. The van der Waals surface area contributed by atoms with Gasteiger partial charge in [0.2, 0.25) is 16.9 Å². The molecule has 0 radical (unpaired) electrons. The lowest BCUT2D eigenvalue weighted by Gasteiger charge is -2.28. The van der Waals surface area contributed by atoms with Gasteiger partial charge in [-0.25, -0.2) is 0 Å². The van der Waals surface area contributed by atoms with Gasteiger partial charge in [0.15, 0.2) is 11.9 Å². The van der Waals surface area contributed by atoms with Gasteiger partial charge in [-0.3, -0.25) is 9.69 Å². The maximum atomic E-state index is 12.3. The average Bonchev–Trinajstić information content (AvgIpc) is 2.81. The van der Waals surface area contributed by atoms with Crippen molar-refractivity contribution in [2.75, 3.05) is 10.7 Å². The molecule has 1 aromatic carbocycles. The molecule has 0 saturated heterocycles. The second-order valence-corrected chi connectivity index (χ2v) is 7.61. The van der Waals surface area contributed by atoms with Crippen molar-refractivity contribution in [2.24, 2.45) is 0 Å². The maximum absolute atomic E-state index is 12.3. The van der Waals surface area contributed by atoms with Crippen LogP contribution in [0.15, 0.2) is 29.4 Å². The largest absolute Gasteiger partial charge is 0.451 e. The fourth-order valence-electron chi connectivity index (χ4n) is 3.16. The first-order valence-electron chi connectivity index (χ1n) is 9.59. The minimum Gasteiger partial charge on any atom is -0.451 e. The Hall–Kier alpha value is -2.15. The number of para-hydroxylation sites is 1. The van der Waals surface area contributed by atoms with Crippen LogP contribution >= 0.6 is 11.8 Å². The molecule has 0 unspecified atom stereocenters. The quantitative estimate of drug-likeness (QED) is 0.508. The Morgan fingerprint density at radius 1 is 1.19 bits per heavy atom. The molecule has 0 fully saturated rings. The lowest BCUT2D eigenvalue weighted by molar-refractivity contribution is -0.118. The molecule has 6 nitrogen and oxygen atoms in total. The fraction of sp³-hybridized carbons (Fsp3) is 0.500. The molecule has 0 bridgehead atoms. The van der Waals surface area contributed by atoms with E-state index in [1.54, 1.807) is 23.6 Å². The molecule has 7 heteroatoms. The highest BCUT2D eigenvalue weighted by Gasteiger charge is 2.32. The number of fused-ring (bicyclic) bond motifs is 3. The lowest BCUT2D eigenvalue weighted by atomic mass is 10.1. The van der Waals surface area contributed by atoms with E-state index in [-0.39, 0.29) is 5.91 Å². The van der Waals surface area contributed by atoms with Gasteiger partial charge >= 0.3 is 0 Å². The molecule has 1 aromatic heterocycles. The first-order valence-corrected chi connectivity index (χ1v) is 10.6. The van der Waals surface area contributed by atoms with Gasteiger partial charge in [-0.15, -0.1) is 10.2 Å². The number of benzene rings is 1. The van der Waals surface area contributed by atoms with Crippen LogP contribution in [-0.2, 0) is 4.79 Å². The van der Waals surface area contributed by atoms with E-state index in [9.17, 15) is 4.79 Å². The van der Waals surface area contributed by atoms with Crippen molar-refractivity contribution in [3.8, 4) is 17.1 Å². The van der Waals surface area contributed by atoms with Crippen molar-refractivity contribution < 1.29 is 9.53 Å². The Labute approximate surface area is 164 Å². The highest BCUT2D eigenvalue weighted by atomic mass is 32.2. The second kappa shape index (κ2) is 9.17. The minimum atomic E-state index is -0.413. The number of rotatable bonds is 7. The average molecular weight is 387 g/mol. The molecule has 1 aliphatic rings. The van der Waals surface area contributed by atoms with Gasteiger partial charge in [-0.05, 0) is 12.5 Å². The zero-order chi connectivity index (χ0) is 19.2. The number of aromatic nitrogens is 3. The van der Waals surface area contributed by atoms with Crippen molar-refractivity contribution >= 4 is 23.4 Å². The summed E-state index contributed by atoms with van der Waals surface area (Å²) in [6.45, 7) is 5.75. The highest BCUT2D eigenvalue weighted by molar-refractivity contribution is 7.99. The van der Waals surface area contributed by atoms with Crippen molar-refractivity contribution in [2.45, 2.75) is 64.3 Å². The second-order valence-electron chi connectivity index (χ2n) is 6.54. The number of thioether (sulfide) groups is 1.